The first-order chi connectivity index (χ1) is 45.0. The number of carbonyl (C=O) groups is 3. The molecule has 0 atom stereocenters. The molecule has 0 aliphatic carbocycles. The molecule has 0 bridgehead atoms. The van der Waals surface area contributed by atoms with Gasteiger partial charge in [-0.15, -0.1) is 22.7 Å². The van der Waals surface area contributed by atoms with Gasteiger partial charge in [-0.1, -0.05) is 107 Å². The molecule has 0 spiro atoms. The Bertz CT molecular complexity index is 4400. The van der Waals surface area contributed by atoms with Crippen LogP contribution in [0.4, 0.5) is 5.13 Å². The molecular formula is C57H63Cl7N12O13S6. The van der Waals surface area contributed by atoms with Gasteiger partial charge in [0.15, 0.2) is 21.7 Å². The fraction of sp³-hybridized carbons (Fsp3) is 0.404. The highest BCUT2D eigenvalue weighted by Gasteiger charge is 2.35. The van der Waals surface area contributed by atoms with Gasteiger partial charge in [0.2, 0.25) is 51.3 Å². The lowest BCUT2D eigenvalue weighted by molar-refractivity contribution is 0.0600. The maximum Gasteiger partial charge on any atom is 0.341 e. The lowest BCUT2D eigenvalue weighted by Crippen LogP contribution is -2.39. The summed E-state index contributed by atoms with van der Waals surface area (Å²) in [4.78, 5) is 72.0. The minimum Gasteiger partial charge on any atom is -0.465 e. The average Bonchev–Trinajstić information content (AvgIpc) is 1.47. The standard InChI is InChI=1S/C16H16Cl2N4O3S2.C16H15ClN4O3S2.C12H14Cl2N2O3S.C7H5Cl2NO2.C6H13NO2S/c17-13-5-4-11(15(18)21-13)14(23)12(10-20-16-19-6-9-26-16)27(24,25)22-7-2-1-3-8-22;17-13-5-4-11-14(22)12(26(23,24)20-7-2-1-3-8-20)10-21(15(11)19-13)16-18-6-9-25-16;13-11-5-4-9(12(14)15-11)10(17)8-20(18,19)16-6-2-1-3-7-16;1-12-7(11)4-2-3-5(8)10-6(4)9;1-10(8,9)7-5-3-2-4-6-7/h4-6,9-10H,1-3,7-8H2,(H,19,20);4-6,9-10H,1-3,7-8H2;4-5H,1-3,6-8H2;2-3H,1H3;2-6H2,1H3. The zero-order chi connectivity index (χ0) is 69.3. The van der Waals surface area contributed by atoms with Gasteiger partial charge in [-0.05, 0) is 99.9 Å². The number of allylic oxidation sites excluding steroid dienone is 1. The maximum atomic E-state index is 13.1. The molecule has 7 aromatic rings. The highest BCUT2D eigenvalue weighted by Crippen LogP contribution is 2.29. The first-order valence-electron chi connectivity index (χ1n) is 29.1. The van der Waals surface area contributed by atoms with E-state index in [1.807, 2.05) is 0 Å². The summed E-state index contributed by atoms with van der Waals surface area (Å²) in [7, 11) is -13.1. The topological polar surface area (TPSA) is 321 Å². The number of nitrogens with zero attached hydrogens (tertiary/aromatic N) is 11. The molecule has 7 aromatic heterocycles. The lowest BCUT2D eigenvalue weighted by atomic mass is 10.2. The van der Waals surface area contributed by atoms with E-state index in [1.165, 1.54) is 115 Å². The molecule has 0 amide bonds. The number of anilines is 1. The number of rotatable bonds is 15. The monoisotopic (exact) mass is 1560 g/mol. The molecule has 4 fully saturated rings. The summed E-state index contributed by atoms with van der Waals surface area (Å²) in [5.74, 6) is -2.43. The van der Waals surface area contributed by atoms with Crippen molar-refractivity contribution in [3.63, 3.8) is 0 Å². The van der Waals surface area contributed by atoms with Crippen LogP contribution in [-0.2, 0) is 44.8 Å². The Morgan fingerprint density at radius 3 is 1.47 bits per heavy atom. The van der Waals surface area contributed by atoms with Crippen LogP contribution >= 0.6 is 104 Å². The highest BCUT2D eigenvalue weighted by molar-refractivity contribution is 7.94. The molecule has 11 rings (SSSR count). The first kappa shape index (κ1) is 77.4. The quantitative estimate of drug-likeness (QED) is 0.0431. The SMILES string of the molecule is COC(=O)c1ccc(Cl)nc1Cl.CS(=O)(=O)N1CCCCC1.O=C(C(=CNc1nccs1)S(=O)(=O)N1CCCCC1)c1ccc(Cl)nc1Cl.O=C(CS(=O)(=O)N1CCCCC1)c1ccc(Cl)nc1Cl.O=c1c(S(=O)(=O)N2CCCCC2)cn(-c2nccs2)c2nc(Cl)ccc12. The fourth-order valence-electron chi connectivity index (χ4n) is 9.67. The van der Waals surface area contributed by atoms with Crippen molar-refractivity contribution in [1.29, 1.82) is 0 Å². The summed E-state index contributed by atoms with van der Waals surface area (Å²) < 4.78 is 110. The number of aromatic nitrogens is 7. The van der Waals surface area contributed by atoms with E-state index in [0.717, 1.165) is 89.9 Å². The Labute approximate surface area is 592 Å². The van der Waals surface area contributed by atoms with Crippen LogP contribution in [0.1, 0.15) is 108 Å². The zero-order valence-corrected chi connectivity index (χ0v) is 60.9. The number of ether oxygens (including phenoxy) is 1. The van der Waals surface area contributed by atoms with Gasteiger partial charge in [-0.25, -0.2) is 77.0 Å². The Hall–Kier alpha value is -4.91. The van der Waals surface area contributed by atoms with Crippen LogP contribution in [0.5, 0.6) is 0 Å². The summed E-state index contributed by atoms with van der Waals surface area (Å²) in [6, 6.07) is 11.5. The second-order valence-electron chi connectivity index (χ2n) is 21.0. The van der Waals surface area contributed by atoms with Gasteiger partial charge >= 0.3 is 5.97 Å². The molecule has 0 unspecified atom stereocenters. The van der Waals surface area contributed by atoms with Crippen molar-refractivity contribution in [2.24, 2.45) is 0 Å². The molecule has 38 heteroatoms. The molecular weight excluding hydrogens is 1500 g/mol. The molecule has 95 heavy (non-hydrogen) atoms. The molecule has 0 radical (unpaired) electrons. The number of nitrogens with one attached hydrogen (secondary N) is 1. The van der Waals surface area contributed by atoms with Gasteiger partial charge in [0.25, 0.3) is 0 Å². The Morgan fingerprint density at radius 1 is 0.558 bits per heavy atom. The van der Waals surface area contributed by atoms with Crippen LogP contribution in [0.3, 0.4) is 0 Å². The third kappa shape index (κ3) is 21.5. The van der Waals surface area contributed by atoms with Gasteiger partial charge in [-0.3, -0.25) is 19.0 Å². The second kappa shape index (κ2) is 35.7. The highest BCUT2D eigenvalue weighted by atomic mass is 35.5. The number of Topliss-reactive ketones (excluding diaryl/α,β-unsaturated/α-hetero) is 2. The van der Waals surface area contributed by atoms with Crippen molar-refractivity contribution in [3.05, 3.63) is 152 Å². The third-order valence-corrected chi connectivity index (χ3v) is 24.5. The lowest BCUT2D eigenvalue weighted by Gasteiger charge is -2.26. The van der Waals surface area contributed by atoms with E-state index in [1.54, 1.807) is 27.5 Å². The number of thiazole rings is 2. The zero-order valence-electron chi connectivity index (χ0n) is 50.8. The molecule has 0 aromatic carbocycles. The van der Waals surface area contributed by atoms with E-state index in [-0.39, 0.29) is 68.7 Å². The van der Waals surface area contributed by atoms with Crippen LogP contribution < -0.4 is 10.7 Å². The van der Waals surface area contributed by atoms with Crippen molar-refractivity contribution in [2.75, 3.05) is 76.8 Å². The summed E-state index contributed by atoms with van der Waals surface area (Å²) in [5, 5.41) is 8.01. The van der Waals surface area contributed by atoms with Crippen molar-refractivity contribution in [1.82, 2.24) is 51.7 Å². The number of esters is 1. The number of carbonyl (C=O) groups excluding carboxylic acids is 3. The number of hydrogen-bond donors (Lipinski definition) is 1. The van der Waals surface area contributed by atoms with Gasteiger partial charge in [0.1, 0.15) is 51.6 Å². The number of pyridine rings is 5. The number of fused-ring (bicyclic) bond motifs is 1. The van der Waals surface area contributed by atoms with E-state index in [2.05, 4.69) is 40.0 Å². The average molecular weight is 1560 g/mol. The van der Waals surface area contributed by atoms with E-state index in [9.17, 15) is 52.8 Å². The number of piperidine rings is 4. The normalized spacial score (nSPS) is 16.3. The minimum atomic E-state index is -4.01. The Morgan fingerprint density at radius 2 is 1.01 bits per heavy atom. The molecule has 4 saturated heterocycles. The predicted molar refractivity (Wildman–Crippen MR) is 371 cm³/mol. The van der Waals surface area contributed by atoms with Crippen molar-refractivity contribution < 1.29 is 52.8 Å². The molecule has 514 valence electrons. The number of methoxy groups -OCH3 is 1. The van der Waals surface area contributed by atoms with Gasteiger partial charge in [-0.2, -0.15) is 8.61 Å². The Balaban J connectivity index is 0.000000175. The number of ketones is 2. The van der Waals surface area contributed by atoms with Crippen LogP contribution in [0.25, 0.3) is 16.2 Å². The van der Waals surface area contributed by atoms with E-state index in [4.69, 9.17) is 81.2 Å². The molecule has 1 N–H and O–H groups in total. The minimum absolute atomic E-state index is 0.0335. The van der Waals surface area contributed by atoms with Gasteiger partial charge in [0.05, 0.1) is 35.4 Å². The van der Waals surface area contributed by atoms with Crippen LogP contribution in [0, 0.1) is 0 Å². The molecule has 11 heterocycles. The van der Waals surface area contributed by atoms with E-state index >= 15 is 0 Å². The van der Waals surface area contributed by atoms with Gasteiger partial charge in [0, 0.05) is 87.9 Å². The number of sulfonamides is 4. The molecule has 4 aliphatic rings. The first-order valence-corrected chi connectivity index (χ1v) is 39.8. The van der Waals surface area contributed by atoms with Crippen molar-refractivity contribution in [2.45, 2.75) is 81.9 Å². The smallest absolute Gasteiger partial charge is 0.341 e. The predicted octanol–water partition coefficient (Wildman–Crippen LogP) is 11.5. The van der Waals surface area contributed by atoms with E-state index in [0.29, 0.717) is 49.5 Å². The third-order valence-electron chi connectivity index (χ3n) is 14.5. The van der Waals surface area contributed by atoms with Crippen LogP contribution in [0.15, 0.2) is 98.7 Å². The molecule has 4 aliphatic heterocycles. The summed E-state index contributed by atoms with van der Waals surface area (Å²) in [6.45, 7) is 3.99. The second-order valence-corrected chi connectivity index (χ2v) is 33.2. The van der Waals surface area contributed by atoms with E-state index < -0.39 is 73.7 Å². The van der Waals surface area contributed by atoms with Crippen LogP contribution in [0.2, 0.25) is 36.1 Å². The largest absolute Gasteiger partial charge is 0.465 e. The van der Waals surface area contributed by atoms with Gasteiger partial charge < -0.3 is 10.1 Å². The summed E-state index contributed by atoms with van der Waals surface area (Å²) >= 11 is 43.0. The van der Waals surface area contributed by atoms with Crippen LogP contribution in [-0.4, -0.2) is 174 Å². The summed E-state index contributed by atoms with van der Waals surface area (Å²) in [6.07, 6.45) is 17.9. The van der Waals surface area contributed by atoms with Crippen molar-refractivity contribution >= 4 is 178 Å². The molecule has 25 nitrogen and oxygen atoms in total. The molecule has 0 saturated carbocycles. The fourth-order valence-corrected chi connectivity index (χ4v) is 17.8. The Kier molecular flexibility index (Phi) is 29.1. The number of halogens is 7. The maximum absolute atomic E-state index is 13.1. The number of hydrogen-bond acceptors (Lipinski definition) is 22. The summed E-state index contributed by atoms with van der Waals surface area (Å²) in [5.41, 5.74) is -0.0216. The van der Waals surface area contributed by atoms with Crippen molar-refractivity contribution in [3.8, 4) is 5.13 Å².